The highest BCUT2D eigenvalue weighted by Gasteiger charge is 2.25. The van der Waals surface area contributed by atoms with Gasteiger partial charge in [-0.15, -0.1) is 0 Å². The van der Waals surface area contributed by atoms with Crippen molar-refractivity contribution in [2.45, 2.75) is 34.2 Å². The van der Waals surface area contributed by atoms with Crippen molar-refractivity contribution in [3.05, 3.63) is 69.8 Å². The lowest BCUT2D eigenvalue weighted by Crippen LogP contribution is -2.29. The quantitative estimate of drug-likeness (QED) is 0.641. The summed E-state index contributed by atoms with van der Waals surface area (Å²) >= 11 is 0. The number of carbonyl (C=O) groups excluding carboxylic acids is 1. The number of aromatic nitrogens is 3. The van der Waals surface area contributed by atoms with Gasteiger partial charge in [-0.3, -0.25) is 9.78 Å². The van der Waals surface area contributed by atoms with Gasteiger partial charge in [-0.1, -0.05) is 29.8 Å². The number of aryl methyl sites for hydroxylation is 3. The minimum atomic E-state index is -0.597. The molecule has 0 aliphatic carbocycles. The molecule has 2 heterocycles. The molecule has 7 nitrogen and oxygen atoms in total. The van der Waals surface area contributed by atoms with E-state index in [9.17, 15) is 9.59 Å². The van der Waals surface area contributed by atoms with E-state index in [0.717, 1.165) is 16.7 Å². The molecule has 3 rings (SSSR count). The SMILES string of the molecule is CCOC(=O)c1c(-c2ccc(C)cc2)nn(CC)c(=O)c1Nc1cnccc1C. The molecule has 0 atom stereocenters. The Morgan fingerprint density at radius 1 is 1.14 bits per heavy atom. The fourth-order valence-corrected chi connectivity index (χ4v) is 2.95. The molecule has 29 heavy (non-hydrogen) atoms. The third kappa shape index (κ3) is 4.18. The summed E-state index contributed by atoms with van der Waals surface area (Å²) in [6.07, 6.45) is 3.29. The molecule has 7 heteroatoms. The van der Waals surface area contributed by atoms with Crippen molar-refractivity contribution in [2.24, 2.45) is 0 Å². The second-order valence-electron chi connectivity index (χ2n) is 6.62. The molecular formula is C22H24N4O3. The number of nitrogens with zero attached hydrogens (tertiary/aromatic N) is 3. The van der Waals surface area contributed by atoms with E-state index < -0.39 is 11.5 Å². The first-order valence-corrected chi connectivity index (χ1v) is 9.53. The number of hydrogen-bond donors (Lipinski definition) is 1. The Bertz CT molecular complexity index is 1090. The Balaban J connectivity index is 2.30. The lowest BCUT2D eigenvalue weighted by molar-refractivity contribution is 0.0527. The van der Waals surface area contributed by atoms with Crippen molar-refractivity contribution in [3.8, 4) is 11.3 Å². The maximum atomic E-state index is 13.1. The van der Waals surface area contributed by atoms with E-state index in [1.807, 2.05) is 51.1 Å². The fourth-order valence-electron chi connectivity index (χ4n) is 2.95. The van der Waals surface area contributed by atoms with Gasteiger partial charge in [0.25, 0.3) is 5.56 Å². The number of pyridine rings is 1. The molecule has 1 aromatic carbocycles. The van der Waals surface area contributed by atoms with Crippen LogP contribution in [0.25, 0.3) is 11.3 Å². The van der Waals surface area contributed by atoms with Gasteiger partial charge >= 0.3 is 5.97 Å². The zero-order valence-corrected chi connectivity index (χ0v) is 17.0. The van der Waals surface area contributed by atoms with Crippen molar-refractivity contribution in [3.63, 3.8) is 0 Å². The van der Waals surface area contributed by atoms with Crippen LogP contribution in [0, 0.1) is 13.8 Å². The molecule has 0 saturated heterocycles. The molecule has 0 unspecified atom stereocenters. The second kappa shape index (κ2) is 8.68. The highest BCUT2D eigenvalue weighted by molar-refractivity contribution is 6.02. The summed E-state index contributed by atoms with van der Waals surface area (Å²) in [6, 6.07) is 9.46. The number of carbonyl (C=O) groups is 1. The number of rotatable bonds is 6. The number of esters is 1. The molecule has 2 aromatic heterocycles. The molecule has 0 amide bonds. The molecule has 0 aliphatic heterocycles. The first-order valence-electron chi connectivity index (χ1n) is 9.53. The largest absolute Gasteiger partial charge is 0.462 e. The Hall–Kier alpha value is -3.48. The van der Waals surface area contributed by atoms with Crippen molar-refractivity contribution >= 4 is 17.3 Å². The normalized spacial score (nSPS) is 10.6. The van der Waals surface area contributed by atoms with Crippen LogP contribution in [0.2, 0.25) is 0 Å². The van der Waals surface area contributed by atoms with Crippen LogP contribution in [0.3, 0.4) is 0 Å². The summed E-state index contributed by atoms with van der Waals surface area (Å²) in [4.78, 5) is 30.1. The minimum absolute atomic E-state index is 0.119. The van der Waals surface area contributed by atoms with Crippen LogP contribution >= 0.6 is 0 Å². The maximum absolute atomic E-state index is 13.1. The Labute approximate surface area is 169 Å². The van der Waals surface area contributed by atoms with E-state index in [1.54, 1.807) is 19.3 Å². The predicted octanol–water partition coefficient (Wildman–Crippen LogP) is 3.86. The van der Waals surface area contributed by atoms with E-state index in [-0.39, 0.29) is 17.9 Å². The second-order valence-corrected chi connectivity index (χ2v) is 6.62. The van der Waals surface area contributed by atoms with Crippen LogP contribution in [0.15, 0.2) is 47.5 Å². The van der Waals surface area contributed by atoms with Crippen molar-refractivity contribution in [1.82, 2.24) is 14.8 Å². The first-order chi connectivity index (χ1) is 14.0. The highest BCUT2D eigenvalue weighted by Crippen LogP contribution is 2.29. The molecule has 3 aromatic rings. The number of benzene rings is 1. The van der Waals surface area contributed by atoms with Crippen LogP contribution in [-0.4, -0.2) is 27.3 Å². The van der Waals surface area contributed by atoms with Gasteiger partial charge in [-0.2, -0.15) is 5.10 Å². The lowest BCUT2D eigenvalue weighted by Gasteiger charge is -2.17. The summed E-state index contributed by atoms with van der Waals surface area (Å²) in [5.41, 5.74) is 3.60. The van der Waals surface area contributed by atoms with Gasteiger partial charge < -0.3 is 10.1 Å². The first kappa shape index (κ1) is 20.3. The molecule has 0 fully saturated rings. The van der Waals surface area contributed by atoms with Crippen LogP contribution in [0.1, 0.15) is 35.3 Å². The van der Waals surface area contributed by atoms with Crippen molar-refractivity contribution in [2.75, 3.05) is 11.9 Å². The lowest BCUT2D eigenvalue weighted by atomic mass is 10.0. The Kier molecular flexibility index (Phi) is 6.07. The Morgan fingerprint density at radius 2 is 1.86 bits per heavy atom. The molecule has 0 radical (unpaired) electrons. The summed E-state index contributed by atoms with van der Waals surface area (Å²) in [6.45, 7) is 7.98. The maximum Gasteiger partial charge on any atom is 0.342 e. The molecule has 1 N–H and O–H groups in total. The zero-order chi connectivity index (χ0) is 21.0. The molecular weight excluding hydrogens is 368 g/mol. The molecule has 0 saturated carbocycles. The van der Waals surface area contributed by atoms with Crippen LogP contribution < -0.4 is 10.9 Å². The number of nitrogens with one attached hydrogen (secondary N) is 1. The molecule has 150 valence electrons. The van der Waals surface area contributed by atoms with Gasteiger partial charge in [0.05, 0.1) is 18.5 Å². The summed E-state index contributed by atoms with van der Waals surface area (Å²) in [5.74, 6) is -0.597. The third-order valence-electron chi connectivity index (χ3n) is 4.56. The minimum Gasteiger partial charge on any atom is -0.462 e. The number of hydrogen-bond acceptors (Lipinski definition) is 6. The molecule has 0 bridgehead atoms. The number of anilines is 2. The summed E-state index contributed by atoms with van der Waals surface area (Å²) < 4.78 is 6.61. The van der Waals surface area contributed by atoms with Gasteiger partial charge in [0.2, 0.25) is 0 Å². The van der Waals surface area contributed by atoms with Crippen LogP contribution in [-0.2, 0) is 11.3 Å². The van der Waals surface area contributed by atoms with E-state index in [2.05, 4.69) is 15.4 Å². The smallest absolute Gasteiger partial charge is 0.342 e. The van der Waals surface area contributed by atoms with Crippen molar-refractivity contribution < 1.29 is 9.53 Å². The monoisotopic (exact) mass is 392 g/mol. The van der Waals surface area contributed by atoms with Gasteiger partial charge in [0, 0.05) is 18.3 Å². The van der Waals surface area contributed by atoms with Gasteiger partial charge in [-0.25, -0.2) is 9.48 Å². The van der Waals surface area contributed by atoms with E-state index >= 15 is 0 Å². The average molecular weight is 392 g/mol. The fraction of sp³-hybridized carbons (Fsp3) is 0.273. The van der Waals surface area contributed by atoms with E-state index in [1.165, 1.54) is 4.68 Å². The van der Waals surface area contributed by atoms with Crippen molar-refractivity contribution in [1.29, 1.82) is 0 Å². The van der Waals surface area contributed by atoms with E-state index in [4.69, 9.17) is 4.74 Å². The predicted molar refractivity (Wildman–Crippen MR) is 113 cm³/mol. The summed E-state index contributed by atoms with van der Waals surface area (Å²) in [7, 11) is 0. The van der Waals surface area contributed by atoms with E-state index in [0.29, 0.717) is 17.9 Å². The zero-order valence-electron chi connectivity index (χ0n) is 17.0. The van der Waals surface area contributed by atoms with Gasteiger partial charge in [0.1, 0.15) is 16.9 Å². The van der Waals surface area contributed by atoms with Crippen LogP contribution in [0.4, 0.5) is 11.4 Å². The number of ether oxygens (including phenoxy) is 1. The van der Waals surface area contributed by atoms with Gasteiger partial charge in [-0.05, 0) is 39.3 Å². The summed E-state index contributed by atoms with van der Waals surface area (Å²) in [5, 5.41) is 7.57. The topological polar surface area (TPSA) is 86.1 Å². The average Bonchev–Trinajstić information content (AvgIpc) is 2.71. The highest BCUT2D eigenvalue weighted by atomic mass is 16.5. The molecule has 0 aliphatic rings. The Morgan fingerprint density at radius 3 is 2.48 bits per heavy atom. The third-order valence-corrected chi connectivity index (χ3v) is 4.56. The van der Waals surface area contributed by atoms with Crippen LogP contribution in [0.5, 0.6) is 0 Å². The van der Waals surface area contributed by atoms with Gasteiger partial charge in [0.15, 0.2) is 0 Å². The standard InChI is InChI=1S/C22H24N4O3/c1-5-26-21(27)20(24-17-13-23-12-11-15(17)4)18(22(28)29-6-2)19(25-26)16-9-7-14(3)8-10-16/h7-13,24H,5-6H2,1-4H3. The molecule has 0 spiro atoms.